The molecule has 9 heteroatoms. The summed E-state index contributed by atoms with van der Waals surface area (Å²) in [7, 11) is -0.615. The Morgan fingerprint density at radius 3 is 0.805 bits per heavy atom. The third-order valence-corrected chi connectivity index (χ3v) is 12.7. The van der Waals surface area contributed by atoms with Crippen LogP contribution in [0.15, 0.2) is 121 Å². The van der Waals surface area contributed by atoms with E-state index in [9.17, 15) is 0 Å². The molecule has 0 aliphatic carbocycles. The molecule has 0 saturated carbocycles. The fourth-order valence-electron chi connectivity index (χ4n) is 4.66. The van der Waals surface area contributed by atoms with Gasteiger partial charge in [-0.05, 0) is 50.4 Å². The zero-order valence-corrected chi connectivity index (χ0v) is 26.1. The van der Waals surface area contributed by atoms with E-state index in [0.717, 1.165) is 22.3 Å². The smallest absolute Gasteiger partial charge is 0.255 e. The number of nitrogens with zero attached hydrogens (tertiary/aromatic N) is 4. The van der Waals surface area contributed by atoms with Crippen LogP contribution in [0.4, 0.5) is 0 Å². The standard InChI is InChI=1S/C32H40N4O3P2/c1-33(25-29-17-9-5-10-18-29)40(37,34(2)26-30-19-11-6-12-20-30)39-41(38,35(3)27-31-21-13-7-14-22-31)36(4)28-32-23-15-8-16-24-32/h5-24H,25-28H2,1-4H3. The van der Waals surface area contributed by atoms with Crippen molar-refractivity contribution < 1.29 is 13.4 Å². The summed E-state index contributed by atoms with van der Waals surface area (Å²) in [5.74, 6) is 0. The molecule has 0 heterocycles. The van der Waals surface area contributed by atoms with E-state index < -0.39 is 15.3 Å². The topological polar surface area (TPSA) is 56.3 Å². The molecule has 0 aromatic heterocycles. The van der Waals surface area contributed by atoms with Crippen molar-refractivity contribution >= 4 is 15.3 Å². The summed E-state index contributed by atoms with van der Waals surface area (Å²) in [6, 6.07) is 39.3. The van der Waals surface area contributed by atoms with Gasteiger partial charge >= 0.3 is 15.3 Å². The maximum absolute atomic E-state index is 15.2. The Morgan fingerprint density at radius 2 is 0.610 bits per heavy atom. The van der Waals surface area contributed by atoms with Crippen molar-refractivity contribution in [3.05, 3.63) is 144 Å². The zero-order valence-electron chi connectivity index (χ0n) is 24.3. The number of hydrogen-bond donors (Lipinski definition) is 0. The molecule has 0 aliphatic heterocycles. The minimum Gasteiger partial charge on any atom is -0.255 e. The second-order valence-corrected chi connectivity index (χ2v) is 15.6. The first-order valence-electron chi connectivity index (χ1n) is 13.6. The van der Waals surface area contributed by atoms with E-state index in [1.807, 2.05) is 121 Å². The molecule has 4 aromatic carbocycles. The molecule has 0 bridgehead atoms. The van der Waals surface area contributed by atoms with Gasteiger partial charge in [0.25, 0.3) is 0 Å². The minimum atomic E-state index is -3.85. The van der Waals surface area contributed by atoms with Crippen LogP contribution >= 0.6 is 15.3 Å². The van der Waals surface area contributed by atoms with Gasteiger partial charge in [-0.15, -0.1) is 0 Å². The summed E-state index contributed by atoms with van der Waals surface area (Å²) in [6.45, 7) is 1.45. The van der Waals surface area contributed by atoms with Gasteiger partial charge in [0, 0.05) is 26.2 Å². The maximum atomic E-state index is 15.2. The molecule has 0 unspecified atom stereocenters. The fraction of sp³-hybridized carbons (Fsp3) is 0.250. The van der Waals surface area contributed by atoms with E-state index >= 15 is 9.13 Å². The molecule has 0 spiro atoms. The summed E-state index contributed by atoms with van der Waals surface area (Å²) in [4.78, 5) is 0. The summed E-state index contributed by atoms with van der Waals surface area (Å²) < 4.78 is 43.7. The van der Waals surface area contributed by atoms with Gasteiger partial charge in [0.2, 0.25) is 0 Å². The normalized spacial score (nSPS) is 12.5. The number of hydrogen-bond acceptors (Lipinski definition) is 3. The first-order chi connectivity index (χ1) is 19.7. The summed E-state index contributed by atoms with van der Waals surface area (Å²) in [5.41, 5.74) is 3.93. The van der Waals surface area contributed by atoms with Crippen LogP contribution in [0.25, 0.3) is 0 Å². The molecular weight excluding hydrogens is 550 g/mol. The van der Waals surface area contributed by atoms with E-state index in [4.69, 9.17) is 4.31 Å². The van der Waals surface area contributed by atoms with Gasteiger partial charge in [0.05, 0.1) is 0 Å². The van der Waals surface area contributed by atoms with Crippen molar-refractivity contribution in [1.82, 2.24) is 18.7 Å². The first-order valence-corrected chi connectivity index (χ1v) is 16.7. The summed E-state index contributed by atoms with van der Waals surface area (Å²) in [6.07, 6.45) is 0. The van der Waals surface area contributed by atoms with Crippen LogP contribution < -0.4 is 0 Å². The second kappa shape index (κ2) is 14.4. The molecule has 4 aromatic rings. The average molecular weight is 591 g/mol. The Balaban J connectivity index is 1.72. The highest BCUT2D eigenvalue weighted by atomic mass is 31.3. The lowest BCUT2D eigenvalue weighted by atomic mass is 10.2. The van der Waals surface area contributed by atoms with Gasteiger partial charge in [0.15, 0.2) is 0 Å². The highest BCUT2D eigenvalue weighted by molar-refractivity contribution is 7.67. The van der Waals surface area contributed by atoms with Crippen molar-refractivity contribution in [2.45, 2.75) is 26.2 Å². The molecule has 0 atom stereocenters. The molecule has 0 radical (unpaired) electrons. The van der Waals surface area contributed by atoms with Crippen LogP contribution in [0, 0.1) is 0 Å². The van der Waals surface area contributed by atoms with Crippen LogP contribution in [0.3, 0.4) is 0 Å². The Morgan fingerprint density at radius 1 is 0.415 bits per heavy atom. The largest absolute Gasteiger partial charge is 0.353 e. The van der Waals surface area contributed by atoms with Gasteiger partial charge in [-0.3, -0.25) is 9.13 Å². The highest BCUT2D eigenvalue weighted by Gasteiger charge is 2.46. The van der Waals surface area contributed by atoms with E-state index in [0.29, 0.717) is 26.2 Å². The fourth-order valence-corrected chi connectivity index (χ4v) is 10.2. The minimum absolute atomic E-state index is 0.363. The summed E-state index contributed by atoms with van der Waals surface area (Å²) >= 11 is 0. The van der Waals surface area contributed by atoms with Crippen molar-refractivity contribution in [1.29, 1.82) is 0 Å². The third kappa shape index (κ3) is 8.12. The van der Waals surface area contributed by atoms with Crippen molar-refractivity contribution in [2.24, 2.45) is 0 Å². The lowest BCUT2D eigenvalue weighted by Gasteiger charge is -2.41. The summed E-state index contributed by atoms with van der Waals surface area (Å²) in [5, 5.41) is 0. The molecule has 216 valence electrons. The Kier molecular flexibility index (Phi) is 10.9. The third-order valence-electron chi connectivity index (χ3n) is 6.96. The van der Waals surface area contributed by atoms with Crippen molar-refractivity contribution in [2.75, 3.05) is 28.2 Å². The predicted octanol–water partition coefficient (Wildman–Crippen LogP) is 7.75. The zero-order chi connectivity index (χ0) is 29.3. The van der Waals surface area contributed by atoms with Crippen molar-refractivity contribution in [3.63, 3.8) is 0 Å². The molecule has 0 fully saturated rings. The number of rotatable bonds is 14. The van der Waals surface area contributed by atoms with Crippen LogP contribution in [0.5, 0.6) is 0 Å². The Labute approximate surface area is 245 Å². The van der Waals surface area contributed by atoms with E-state index in [2.05, 4.69) is 0 Å². The van der Waals surface area contributed by atoms with Gasteiger partial charge in [-0.25, -0.2) is 23.0 Å². The average Bonchev–Trinajstić information content (AvgIpc) is 2.99. The lowest BCUT2D eigenvalue weighted by Crippen LogP contribution is -2.33. The van der Waals surface area contributed by atoms with Crippen LogP contribution in [0.2, 0.25) is 0 Å². The SMILES string of the molecule is CN(Cc1ccccc1)P(=O)(OP(=O)(N(C)Cc1ccccc1)N(C)Cc1ccccc1)N(C)Cc1ccccc1. The van der Waals surface area contributed by atoms with Gasteiger partial charge in [-0.1, -0.05) is 121 Å². The van der Waals surface area contributed by atoms with Crippen LogP contribution in [-0.4, -0.2) is 46.9 Å². The van der Waals surface area contributed by atoms with Gasteiger partial charge < -0.3 is 0 Å². The molecular formula is C32H40N4O3P2. The Hall–Kier alpha value is -2.86. The van der Waals surface area contributed by atoms with Crippen LogP contribution in [0.1, 0.15) is 22.3 Å². The molecule has 4 rings (SSSR count). The van der Waals surface area contributed by atoms with E-state index in [1.165, 1.54) is 0 Å². The molecule has 0 saturated heterocycles. The van der Waals surface area contributed by atoms with Gasteiger partial charge in [0.1, 0.15) is 0 Å². The molecule has 0 aliphatic rings. The maximum Gasteiger partial charge on any atom is 0.353 e. The predicted molar refractivity (Wildman–Crippen MR) is 168 cm³/mol. The van der Waals surface area contributed by atoms with Crippen LogP contribution in [-0.2, 0) is 39.6 Å². The van der Waals surface area contributed by atoms with Gasteiger partial charge in [-0.2, -0.15) is 0 Å². The molecule has 41 heavy (non-hydrogen) atoms. The monoisotopic (exact) mass is 590 g/mol. The quantitative estimate of drug-likeness (QED) is 0.139. The van der Waals surface area contributed by atoms with Crippen molar-refractivity contribution in [3.8, 4) is 0 Å². The molecule has 0 N–H and O–H groups in total. The molecule has 0 amide bonds. The first kappa shape index (κ1) is 31.1. The van der Waals surface area contributed by atoms with E-state index in [1.54, 1.807) is 46.9 Å². The Bertz CT molecular complexity index is 1230. The van der Waals surface area contributed by atoms with E-state index in [-0.39, 0.29) is 0 Å². The molecule has 7 nitrogen and oxygen atoms in total. The lowest BCUT2D eigenvalue weighted by molar-refractivity contribution is 0.258. The highest BCUT2D eigenvalue weighted by Crippen LogP contribution is 2.69. The second-order valence-electron chi connectivity index (χ2n) is 10.3. The number of benzene rings is 4.